The lowest BCUT2D eigenvalue weighted by Crippen LogP contribution is -2.41. The lowest BCUT2D eigenvalue weighted by Gasteiger charge is -2.31. The molecule has 1 fully saturated rings. The van der Waals surface area contributed by atoms with E-state index < -0.39 is 10.0 Å². The van der Waals surface area contributed by atoms with E-state index in [1.165, 1.54) is 12.4 Å². The van der Waals surface area contributed by atoms with Crippen LogP contribution in [-0.2, 0) is 10.0 Å². The molecule has 1 aliphatic heterocycles. The molecular formula is C12H22N4O2S. The van der Waals surface area contributed by atoms with Gasteiger partial charge >= 0.3 is 0 Å². The molecule has 1 aromatic rings. The van der Waals surface area contributed by atoms with Gasteiger partial charge in [0.15, 0.2) is 0 Å². The van der Waals surface area contributed by atoms with Crippen molar-refractivity contribution < 1.29 is 8.42 Å². The molecule has 2 rings (SSSR count). The van der Waals surface area contributed by atoms with E-state index in [-0.39, 0.29) is 4.90 Å². The molecule has 0 radical (unpaired) electrons. The predicted octanol–water partition coefficient (Wildman–Crippen LogP) is 0.808. The highest BCUT2D eigenvalue weighted by molar-refractivity contribution is 7.89. The van der Waals surface area contributed by atoms with E-state index in [0.29, 0.717) is 25.0 Å². The van der Waals surface area contributed by atoms with Crippen LogP contribution in [0.1, 0.15) is 26.7 Å². The van der Waals surface area contributed by atoms with E-state index in [1.807, 2.05) is 0 Å². The molecule has 1 aliphatic rings. The third-order valence-corrected chi connectivity index (χ3v) is 5.36. The van der Waals surface area contributed by atoms with Gasteiger partial charge in [0, 0.05) is 25.3 Å². The topological polar surface area (TPSA) is 78.1 Å². The summed E-state index contributed by atoms with van der Waals surface area (Å²) in [7, 11) is -3.35. The number of nitrogens with zero attached hydrogens (tertiary/aromatic N) is 2. The van der Waals surface area contributed by atoms with Gasteiger partial charge in [0.05, 0.1) is 6.20 Å². The highest BCUT2D eigenvalue weighted by Crippen LogP contribution is 2.22. The van der Waals surface area contributed by atoms with Crippen molar-refractivity contribution in [2.75, 3.05) is 19.6 Å². The van der Waals surface area contributed by atoms with Crippen LogP contribution in [0.4, 0.5) is 0 Å². The molecule has 0 spiro atoms. The fourth-order valence-electron chi connectivity index (χ4n) is 2.29. The molecule has 6 nitrogen and oxygen atoms in total. The summed E-state index contributed by atoms with van der Waals surface area (Å²) in [5, 5.41) is 9.67. The van der Waals surface area contributed by atoms with Gasteiger partial charge in [0.25, 0.3) is 0 Å². The number of nitrogens with one attached hydrogen (secondary N) is 2. The molecule has 7 heteroatoms. The first kappa shape index (κ1) is 14.5. The lowest BCUT2D eigenvalue weighted by atomic mass is 9.98. The molecule has 0 aromatic carbocycles. The van der Waals surface area contributed by atoms with Gasteiger partial charge in [-0.1, -0.05) is 13.8 Å². The van der Waals surface area contributed by atoms with Gasteiger partial charge in [-0.2, -0.15) is 9.40 Å². The summed E-state index contributed by atoms with van der Waals surface area (Å²) in [6.07, 6.45) is 4.62. The van der Waals surface area contributed by atoms with Crippen molar-refractivity contribution in [1.29, 1.82) is 0 Å². The third-order valence-electron chi connectivity index (χ3n) is 3.50. The van der Waals surface area contributed by atoms with Crippen molar-refractivity contribution in [3.05, 3.63) is 12.4 Å². The summed E-state index contributed by atoms with van der Waals surface area (Å²) in [4.78, 5) is 0.256. The summed E-state index contributed by atoms with van der Waals surface area (Å²) >= 11 is 0. The molecule has 1 saturated heterocycles. The van der Waals surface area contributed by atoms with Crippen molar-refractivity contribution in [3.8, 4) is 0 Å². The molecule has 19 heavy (non-hydrogen) atoms. The van der Waals surface area contributed by atoms with Crippen LogP contribution in [0.15, 0.2) is 17.3 Å². The van der Waals surface area contributed by atoms with Gasteiger partial charge in [0.2, 0.25) is 10.0 Å². The number of sulfonamides is 1. The Morgan fingerprint density at radius 3 is 2.68 bits per heavy atom. The second kappa shape index (κ2) is 6.02. The first-order valence-electron chi connectivity index (χ1n) is 6.72. The van der Waals surface area contributed by atoms with Gasteiger partial charge in [0.1, 0.15) is 4.90 Å². The zero-order valence-corrected chi connectivity index (χ0v) is 12.3. The zero-order chi connectivity index (χ0) is 13.9. The van der Waals surface area contributed by atoms with Gasteiger partial charge in [-0.25, -0.2) is 8.42 Å². The number of piperidine rings is 1. The Morgan fingerprint density at radius 1 is 1.47 bits per heavy atom. The zero-order valence-electron chi connectivity index (χ0n) is 11.5. The average Bonchev–Trinajstić information content (AvgIpc) is 2.91. The fraction of sp³-hybridized carbons (Fsp3) is 0.750. The van der Waals surface area contributed by atoms with Crippen molar-refractivity contribution in [2.45, 2.75) is 37.6 Å². The van der Waals surface area contributed by atoms with E-state index in [1.54, 1.807) is 4.31 Å². The van der Waals surface area contributed by atoms with Gasteiger partial charge in [-0.05, 0) is 25.3 Å². The normalized spacial score (nSPS) is 19.1. The Labute approximate surface area is 114 Å². The standard InChI is InChI=1S/C12H22N4O2S/c1-10(2)13-7-11-3-5-16(6-4-11)19(17,18)12-8-14-15-9-12/h8-11,13H,3-7H2,1-2H3,(H,14,15). The van der Waals surface area contributed by atoms with Crippen LogP contribution in [0, 0.1) is 5.92 Å². The van der Waals surface area contributed by atoms with Crippen LogP contribution in [0.2, 0.25) is 0 Å². The number of hydrogen-bond acceptors (Lipinski definition) is 4. The Hall–Kier alpha value is -0.920. The van der Waals surface area contributed by atoms with E-state index in [0.717, 1.165) is 19.4 Å². The summed E-state index contributed by atoms with van der Waals surface area (Å²) < 4.78 is 26.1. The number of aromatic nitrogens is 2. The number of aromatic amines is 1. The fourth-order valence-corrected chi connectivity index (χ4v) is 3.66. The van der Waals surface area contributed by atoms with Gasteiger partial charge in [-0.15, -0.1) is 0 Å². The highest BCUT2D eigenvalue weighted by Gasteiger charge is 2.29. The van der Waals surface area contributed by atoms with Gasteiger partial charge in [-0.3, -0.25) is 5.10 Å². The smallest absolute Gasteiger partial charge is 0.246 e. The van der Waals surface area contributed by atoms with Crippen LogP contribution >= 0.6 is 0 Å². The number of rotatable bonds is 5. The molecule has 0 unspecified atom stereocenters. The monoisotopic (exact) mass is 286 g/mol. The van der Waals surface area contributed by atoms with E-state index >= 15 is 0 Å². The minimum absolute atomic E-state index is 0.256. The average molecular weight is 286 g/mol. The maximum atomic E-state index is 12.3. The Bertz CT molecular complexity index is 476. The van der Waals surface area contributed by atoms with Crippen molar-refractivity contribution >= 4 is 10.0 Å². The molecule has 0 atom stereocenters. The molecule has 0 amide bonds. The molecule has 2 N–H and O–H groups in total. The number of H-pyrrole nitrogens is 1. The van der Waals surface area contributed by atoms with E-state index in [9.17, 15) is 8.42 Å². The van der Waals surface area contributed by atoms with Crippen LogP contribution in [0.3, 0.4) is 0 Å². The Morgan fingerprint density at radius 2 is 2.16 bits per heavy atom. The second-order valence-electron chi connectivity index (χ2n) is 5.34. The van der Waals surface area contributed by atoms with Crippen LogP contribution in [0.5, 0.6) is 0 Å². The van der Waals surface area contributed by atoms with E-state index in [4.69, 9.17) is 0 Å². The third kappa shape index (κ3) is 3.55. The minimum atomic E-state index is -3.35. The Kier molecular flexibility index (Phi) is 4.59. The maximum Gasteiger partial charge on any atom is 0.246 e. The highest BCUT2D eigenvalue weighted by atomic mass is 32.2. The predicted molar refractivity (Wildman–Crippen MR) is 73.2 cm³/mol. The second-order valence-corrected chi connectivity index (χ2v) is 7.28. The molecule has 0 aliphatic carbocycles. The summed E-state index contributed by atoms with van der Waals surface area (Å²) in [6, 6.07) is 0.479. The van der Waals surface area contributed by atoms with Crippen LogP contribution in [-0.4, -0.2) is 48.6 Å². The van der Waals surface area contributed by atoms with Crippen LogP contribution in [0.25, 0.3) is 0 Å². The molecule has 108 valence electrons. The number of hydrogen-bond donors (Lipinski definition) is 2. The SMILES string of the molecule is CC(C)NCC1CCN(S(=O)(=O)c2cn[nH]c2)CC1. The molecule has 0 bridgehead atoms. The van der Waals surface area contributed by atoms with Gasteiger partial charge < -0.3 is 5.32 Å². The first-order valence-corrected chi connectivity index (χ1v) is 8.16. The summed E-state index contributed by atoms with van der Waals surface area (Å²) in [5.41, 5.74) is 0. The maximum absolute atomic E-state index is 12.3. The molecule has 0 saturated carbocycles. The van der Waals surface area contributed by atoms with Crippen molar-refractivity contribution in [2.24, 2.45) is 5.92 Å². The minimum Gasteiger partial charge on any atom is -0.314 e. The van der Waals surface area contributed by atoms with Crippen molar-refractivity contribution in [3.63, 3.8) is 0 Å². The first-order chi connectivity index (χ1) is 9.00. The summed E-state index contributed by atoms with van der Waals surface area (Å²) in [6.45, 7) is 6.41. The Balaban J connectivity index is 1.90. The summed E-state index contributed by atoms with van der Waals surface area (Å²) in [5.74, 6) is 0.568. The largest absolute Gasteiger partial charge is 0.314 e. The quantitative estimate of drug-likeness (QED) is 0.839. The van der Waals surface area contributed by atoms with Crippen LogP contribution < -0.4 is 5.32 Å². The van der Waals surface area contributed by atoms with E-state index in [2.05, 4.69) is 29.4 Å². The molecular weight excluding hydrogens is 264 g/mol. The molecule has 1 aromatic heterocycles. The lowest BCUT2D eigenvalue weighted by molar-refractivity contribution is 0.264. The molecule has 2 heterocycles. The van der Waals surface area contributed by atoms with Crippen molar-refractivity contribution in [1.82, 2.24) is 19.8 Å².